The molecule has 6 N–H and O–H groups in total. The van der Waals surface area contributed by atoms with Gasteiger partial charge in [-0.3, -0.25) is 5.32 Å². The van der Waals surface area contributed by atoms with E-state index in [0.717, 1.165) is 19.3 Å². The molecule has 0 aromatic heterocycles. The summed E-state index contributed by atoms with van der Waals surface area (Å²) < 4.78 is 0. The molecule has 2 atom stereocenters. The van der Waals surface area contributed by atoms with Crippen LogP contribution in [0.3, 0.4) is 0 Å². The Labute approximate surface area is 91.3 Å². The first-order chi connectivity index (χ1) is 7.20. The lowest BCUT2D eigenvalue weighted by Gasteiger charge is -2.16. The number of hydrogen-bond donors (Lipinski definition) is 5. The number of aliphatic hydroxyl groups is 3. The number of rotatable bonds is 10. The van der Waals surface area contributed by atoms with E-state index in [1.165, 1.54) is 0 Å². The van der Waals surface area contributed by atoms with Crippen molar-refractivity contribution in [2.75, 3.05) is 19.7 Å². The summed E-state index contributed by atoms with van der Waals surface area (Å²) in [5.41, 5.74) is 5.26. The summed E-state index contributed by atoms with van der Waals surface area (Å²) in [5, 5.41) is 30.3. The van der Waals surface area contributed by atoms with E-state index in [1.54, 1.807) is 0 Å². The maximum Gasteiger partial charge on any atom is 0.107 e. The van der Waals surface area contributed by atoms with Gasteiger partial charge in [0.25, 0.3) is 0 Å². The van der Waals surface area contributed by atoms with Gasteiger partial charge < -0.3 is 21.1 Å². The van der Waals surface area contributed by atoms with Crippen LogP contribution in [0.2, 0.25) is 0 Å². The Hall–Kier alpha value is -0.200. The van der Waals surface area contributed by atoms with Crippen LogP contribution in [-0.4, -0.2) is 47.3 Å². The van der Waals surface area contributed by atoms with Crippen molar-refractivity contribution in [1.82, 2.24) is 5.32 Å². The van der Waals surface area contributed by atoms with Crippen molar-refractivity contribution >= 4 is 0 Å². The number of aliphatic hydroxyl groups excluding tert-OH is 3. The van der Waals surface area contributed by atoms with Gasteiger partial charge in [0.15, 0.2) is 0 Å². The van der Waals surface area contributed by atoms with Gasteiger partial charge in [-0.15, -0.1) is 0 Å². The SMILES string of the molecule is NCCNC(O)CC(O)CCCCCO. The van der Waals surface area contributed by atoms with Crippen molar-refractivity contribution in [3.05, 3.63) is 0 Å². The van der Waals surface area contributed by atoms with Crippen LogP contribution in [0, 0.1) is 0 Å². The standard InChI is InChI=1S/C10H24N2O3/c11-5-6-12-10(15)8-9(14)4-2-1-3-7-13/h9-10,12-15H,1-8,11H2. The van der Waals surface area contributed by atoms with E-state index in [1.807, 2.05) is 0 Å². The van der Waals surface area contributed by atoms with E-state index in [2.05, 4.69) is 5.32 Å². The predicted octanol–water partition coefficient (Wildman–Crippen LogP) is -0.843. The molecule has 0 fully saturated rings. The summed E-state index contributed by atoms with van der Waals surface area (Å²) >= 11 is 0. The zero-order valence-corrected chi connectivity index (χ0v) is 9.23. The van der Waals surface area contributed by atoms with E-state index in [9.17, 15) is 10.2 Å². The fourth-order valence-corrected chi connectivity index (χ4v) is 1.38. The normalized spacial score (nSPS) is 15.2. The number of unbranched alkanes of at least 4 members (excludes halogenated alkanes) is 2. The molecule has 0 rings (SSSR count). The molecule has 0 saturated carbocycles. The molecule has 5 nitrogen and oxygen atoms in total. The van der Waals surface area contributed by atoms with Gasteiger partial charge in [-0.25, -0.2) is 0 Å². The van der Waals surface area contributed by atoms with Gasteiger partial charge in [-0.05, 0) is 12.8 Å². The minimum absolute atomic E-state index is 0.205. The highest BCUT2D eigenvalue weighted by Gasteiger charge is 2.10. The quantitative estimate of drug-likeness (QED) is 0.244. The van der Waals surface area contributed by atoms with Gasteiger partial charge in [-0.1, -0.05) is 12.8 Å². The Bertz CT molecular complexity index is 136. The molecule has 0 aromatic carbocycles. The van der Waals surface area contributed by atoms with Crippen LogP contribution in [0.4, 0.5) is 0 Å². The Morgan fingerprint density at radius 3 is 2.47 bits per heavy atom. The van der Waals surface area contributed by atoms with Crippen LogP contribution >= 0.6 is 0 Å². The zero-order valence-electron chi connectivity index (χ0n) is 9.23. The highest BCUT2D eigenvalue weighted by atomic mass is 16.3. The molecule has 15 heavy (non-hydrogen) atoms. The van der Waals surface area contributed by atoms with Crippen LogP contribution in [0.5, 0.6) is 0 Å². The monoisotopic (exact) mass is 220 g/mol. The molecule has 0 saturated heterocycles. The molecular weight excluding hydrogens is 196 g/mol. The van der Waals surface area contributed by atoms with Crippen LogP contribution in [0.15, 0.2) is 0 Å². The van der Waals surface area contributed by atoms with Crippen molar-refractivity contribution in [2.45, 2.75) is 44.4 Å². The molecule has 0 aliphatic rings. The lowest BCUT2D eigenvalue weighted by Crippen LogP contribution is -2.35. The first-order valence-electron chi connectivity index (χ1n) is 5.61. The third-order valence-corrected chi connectivity index (χ3v) is 2.22. The van der Waals surface area contributed by atoms with Gasteiger partial charge in [-0.2, -0.15) is 0 Å². The molecule has 0 aliphatic heterocycles. The molecule has 0 aromatic rings. The Kier molecular flexibility index (Phi) is 10.2. The van der Waals surface area contributed by atoms with E-state index in [4.69, 9.17) is 10.8 Å². The van der Waals surface area contributed by atoms with Crippen molar-refractivity contribution in [1.29, 1.82) is 0 Å². The van der Waals surface area contributed by atoms with E-state index >= 15 is 0 Å². The molecular formula is C10H24N2O3. The third kappa shape index (κ3) is 10.1. The van der Waals surface area contributed by atoms with Crippen molar-refractivity contribution in [3.63, 3.8) is 0 Å². The topological polar surface area (TPSA) is 98.7 Å². The molecule has 0 amide bonds. The summed E-state index contributed by atoms with van der Waals surface area (Å²) in [5.74, 6) is 0. The summed E-state index contributed by atoms with van der Waals surface area (Å²) in [4.78, 5) is 0. The lowest BCUT2D eigenvalue weighted by molar-refractivity contribution is 0.0558. The largest absolute Gasteiger partial charge is 0.396 e. The first kappa shape index (κ1) is 14.8. The number of nitrogens with one attached hydrogen (secondary N) is 1. The Morgan fingerprint density at radius 2 is 1.87 bits per heavy atom. The van der Waals surface area contributed by atoms with Crippen LogP contribution in [0.1, 0.15) is 32.1 Å². The molecule has 2 unspecified atom stereocenters. The first-order valence-corrected chi connectivity index (χ1v) is 5.61. The fourth-order valence-electron chi connectivity index (χ4n) is 1.38. The molecule has 5 heteroatoms. The molecule has 0 heterocycles. The zero-order chi connectivity index (χ0) is 11.5. The smallest absolute Gasteiger partial charge is 0.107 e. The van der Waals surface area contributed by atoms with Gasteiger partial charge in [0.05, 0.1) is 6.10 Å². The minimum atomic E-state index is -0.679. The predicted molar refractivity (Wildman–Crippen MR) is 59.2 cm³/mol. The summed E-state index contributed by atoms with van der Waals surface area (Å²) in [6, 6.07) is 0. The highest BCUT2D eigenvalue weighted by molar-refractivity contribution is 4.62. The summed E-state index contributed by atoms with van der Waals surface area (Å²) in [6.45, 7) is 1.23. The second kappa shape index (κ2) is 10.3. The second-order valence-electron chi connectivity index (χ2n) is 3.72. The summed E-state index contributed by atoms with van der Waals surface area (Å²) in [7, 11) is 0. The maximum atomic E-state index is 9.52. The molecule has 92 valence electrons. The van der Waals surface area contributed by atoms with Crippen molar-refractivity contribution in [2.24, 2.45) is 5.73 Å². The minimum Gasteiger partial charge on any atom is -0.396 e. The van der Waals surface area contributed by atoms with E-state index < -0.39 is 12.3 Å². The molecule has 0 spiro atoms. The number of hydrogen-bond acceptors (Lipinski definition) is 5. The van der Waals surface area contributed by atoms with Gasteiger partial charge in [0.1, 0.15) is 6.23 Å². The average molecular weight is 220 g/mol. The number of nitrogens with two attached hydrogens (primary N) is 1. The second-order valence-corrected chi connectivity index (χ2v) is 3.72. The van der Waals surface area contributed by atoms with E-state index in [0.29, 0.717) is 25.9 Å². The Morgan fingerprint density at radius 1 is 1.13 bits per heavy atom. The van der Waals surface area contributed by atoms with Gasteiger partial charge >= 0.3 is 0 Å². The molecule has 0 aliphatic carbocycles. The van der Waals surface area contributed by atoms with Gasteiger partial charge in [0, 0.05) is 26.1 Å². The van der Waals surface area contributed by atoms with Crippen molar-refractivity contribution < 1.29 is 15.3 Å². The Balaban J connectivity index is 3.33. The lowest BCUT2D eigenvalue weighted by atomic mass is 10.1. The van der Waals surface area contributed by atoms with Crippen molar-refractivity contribution in [3.8, 4) is 0 Å². The van der Waals surface area contributed by atoms with Gasteiger partial charge in [0.2, 0.25) is 0 Å². The molecule has 0 bridgehead atoms. The molecule has 0 radical (unpaired) electrons. The van der Waals surface area contributed by atoms with E-state index in [-0.39, 0.29) is 6.61 Å². The maximum absolute atomic E-state index is 9.52. The third-order valence-electron chi connectivity index (χ3n) is 2.22. The van der Waals surface area contributed by atoms with Crippen LogP contribution in [-0.2, 0) is 0 Å². The summed E-state index contributed by atoms with van der Waals surface area (Å²) in [6.07, 6.45) is 2.41. The highest BCUT2D eigenvalue weighted by Crippen LogP contribution is 2.07. The average Bonchev–Trinajstić information content (AvgIpc) is 2.21. The van der Waals surface area contributed by atoms with Crippen LogP contribution in [0.25, 0.3) is 0 Å². The fraction of sp³-hybridized carbons (Fsp3) is 1.00. The van der Waals surface area contributed by atoms with Crippen LogP contribution < -0.4 is 11.1 Å².